The van der Waals surface area contributed by atoms with Crippen LogP contribution in [0.15, 0.2) is 47.4 Å². The van der Waals surface area contributed by atoms with E-state index >= 15 is 0 Å². The maximum absolute atomic E-state index is 12.4. The fourth-order valence-electron chi connectivity index (χ4n) is 2.71. The lowest BCUT2D eigenvalue weighted by molar-refractivity contribution is 0.0857. The van der Waals surface area contributed by atoms with Crippen LogP contribution in [0.4, 0.5) is 0 Å². The van der Waals surface area contributed by atoms with Crippen molar-refractivity contribution in [3.05, 3.63) is 59.2 Å². The largest absolute Gasteiger partial charge is 0.492 e. The highest BCUT2D eigenvalue weighted by Crippen LogP contribution is 2.29. The van der Waals surface area contributed by atoms with Crippen LogP contribution in [0.5, 0.6) is 5.75 Å². The number of ether oxygens (including phenoxy) is 1. The molecule has 0 bridgehead atoms. The molecule has 1 aliphatic heterocycles. The van der Waals surface area contributed by atoms with E-state index < -0.39 is 15.9 Å². The number of carbonyl (C=O) groups excluding carboxylic acids is 1. The molecule has 2 aromatic carbocycles. The van der Waals surface area contributed by atoms with Gasteiger partial charge in [0.1, 0.15) is 17.3 Å². The quantitative estimate of drug-likeness (QED) is 0.863. The molecule has 0 saturated heterocycles. The second kappa shape index (κ2) is 5.70. The third kappa shape index (κ3) is 2.82. The number of amides is 1. The Bertz CT molecular complexity index is 854. The molecule has 3 rings (SSSR count). The summed E-state index contributed by atoms with van der Waals surface area (Å²) < 4.78 is 31.3. The Hall–Kier alpha value is -2.34. The first kappa shape index (κ1) is 15.6. The number of rotatable bonds is 4. The molecule has 1 aliphatic rings. The molecule has 120 valence electrons. The zero-order chi connectivity index (χ0) is 16.6. The molecule has 6 heteroatoms. The summed E-state index contributed by atoms with van der Waals surface area (Å²) in [6, 6.07) is 12.0. The lowest BCUT2D eigenvalue weighted by Gasteiger charge is -2.16. The Morgan fingerprint density at radius 3 is 2.35 bits per heavy atom. The number of hydrogen-bond donors (Lipinski definition) is 0. The molecule has 1 amide bonds. The van der Waals surface area contributed by atoms with E-state index in [9.17, 15) is 13.2 Å². The molecule has 0 radical (unpaired) electrons. The van der Waals surface area contributed by atoms with Gasteiger partial charge < -0.3 is 4.74 Å². The first-order chi connectivity index (χ1) is 10.9. The van der Waals surface area contributed by atoms with Crippen molar-refractivity contribution >= 4 is 15.9 Å². The van der Waals surface area contributed by atoms with Crippen LogP contribution < -0.4 is 4.74 Å². The van der Waals surface area contributed by atoms with Crippen molar-refractivity contribution in [3.8, 4) is 5.75 Å². The lowest BCUT2D eigenvalue weighted by Crippen LogP contribution is -2.33. The van der Waals surface area contributed by atoms with Gasteiger partial charge in [0.05, 0.1) is 12.1 Å². The van der Waals surface area contributed by atoms with Crippen molar-refractivity contribution in [2.24, 2.45) is 0 Å². The van der Waals surface area contributed by atoms with Crippen LogP contribution in [0.25, 0.3) is 0 Å². The van der Waals surface area contributed by atoms with Crippen LogP contribution in [-0.4, -0.2) is 31.8 Å². The van der Waals surface area contributed by atoms with Gasteiger partial charge in [0.2, 0.25) is 0 Å². The van der Waals surface area contributed by atoms with Crippen LogP contribution in [0.3, 0.4) is 0 Å². The molecule has 0 atom stereocenters. The van der Waals surface area contributed by atoms with Crippen LogP contribution in [0, 0.1) is 13.8 Å². The average Bonchev–Trinajstić information content (AvgIpc) is 2.68. The van der Waals surface area contributed by atoms with Gasteiger partial charge in [-0.1, -0.05) is 18.2 Å². The summed E-state index contributed by atoms with van der Waals surface area (Å²) in [5, 5.41) is 0. The third-order valence-corrected chi connectivity index (χ3v) is 5.51. The zero-order valence-corrected chi connectivity index (χ0v) is 13.8. The zero-order valence-electron chi connectivity index (χ0n) is 12.9. The van der Waals surface area contributed by atoms with Crippen molar-refractivity contribution in [1.29, 1.82) is 0 Å². The monoisotopic (exact) mass is 331 g/mol. The number of sulfonamides is 1. The maximum atomic E-state index is 12.4. The second-order valence-corrected chi connectivity index (χ2v) is 7.38. The minimum Gasteiger partial charge on any atom is -0.492 e. The number of hydrogen-bond acceptors (Lipinski definition) is 4. The van der Waals surface area contributed by atoms with Gasteiger partial charge in [0.15, 0.2) is 0 Å². The summed E-state index contributed by atoms with van der Waals surface area (Å²) in [5.41, 5.74) is 2.36. The van der Waals surface area contributed by atoms with Crippen molar-refractivity contribution in [2.45, 2.75) is 18.7 Å². The SMILES string of the molecule is Cc1cc(C)cc(OCCN2C(=O)c3ccccc3S2(=O)=O)c1. The highest BCUT2D eigenvalue weighted by molar-refractivity contribution is 7.90. The van der Waals surface area contributed by atoms with Gasteiger partial charge >= 0.3 is 0 Å². The summed E-state index contributed by atoms with van der Waals surface area (Å²) in [6.45, 7) is 4.03. The molecular weight excluding hydrogens is 314 g/mol. The molecule has 2 aromatic rings. The molecule has 0 N–H and O–H groups in total. The van der Waals surface area contributed by atoms with Crippen molar-refractivity contribution in [2.75, 3.05) is 13.2 Å². The first-order valence-electron chi connectivity index (χ1n) is 7.27. The van der Waals surface area contributed by atoms with Crippen LogP contribution in [0.1, 0.15) is 21.5 Å². The smallest absolute Gasteiger partial charge is 0.269 e. The fraction of sp³-hybridized carbons (Fsp3) is 0.235. The molecule has 23 heavy (non-hydrogen) atoms. The maximum Gasteiger partial charge on any atom is 0.269 e. The Kier molecular flexibility index (Phi) is 3.85. The predicted molar refractivity (Wildman–Crippen MR) is 86.1 cm³/mol. The standard InChI is InChI=1S/C17H17NO4S/c1-12-9-13(2)11-14(10-12)22-8-7-18-17(19)15-5-3-4-6-16(15)23(18,20)21/h3-6,9-11H,7-8H2,1-2H3. The normalized spacial score (nSPS) is 15.6. The highest BCUT2D eigenvalue weighted by Gasteiger charge is 2.40. The summed E-state index contributed by atoms with van der Waals surface area (Å²) in [5.74, 6) is 0.175. The van der Waals surface area contributed by atoms with Crippen molar-refractivity contribution in [3.63, 3.8) is 0 Å². The molecule has 0 unspecified atom stereocenters. The third-order valence-electron chi connectivity index (χ3n) is 3.67. The van der Waals surface area contributed by atoms with E-state index in [0.29, 0.717) is 5.75 Å². The van der Waals surface area contributed by atoms with Gasteiger partial charge in [-0.25, -0.2) is 12.7 Å². The highest BCUT2D eigenvalue weighted by atomic mass is 32.2. The van der Waals surface area contributed by atoms with Gasteiger partial charge in [-0.05, 0) is 49.2 Å². The molecule has 0 fully saturated rings. The average molecular weight is 331 g/mol. The van der Waals surface area contributed by atoms with E-state index in [2.05, 4.69) is 0 Å². The van der Waals surface area contributed by atoms with Crippen molar-refractivity contribution in [1.82, 2.24) is 4.31 Å². The van der Waals surface area contributed by atoms with Crippen LogP contribution >= 0.6 is 0 Å². The Morgan fingerprint density at radius 1 is 1.04 bits per heavy atom. The van der Waals surface area contributed by atoms with E-state index in [1.807, 2.05) is 32.0 Å². The van der Waals surface area contributed by atoms with Gasteiger partial charge in [-0.2, -0.15) is 0 Å². The summed E-state index contributed by atoms with van der Waals surface area (Å²) in [4.78, 5) is 12.3. The summed E-state index contributed by atoms with van der Waals surface area (Å²) >= 11 is 0. The van der Waals surface area contributed by atoms with E-state index in [1.54, 1.807) is 12.1 Å². The number of nitrogens with zero attached hydrogens (tertiary/aromatic N) is 1. The van der Waals surface area contributed by atoms with E-state index in [-0.39, 0.29) is 23.6 Å². The Labute approximate surface area is 135 Å². The fourth-order valence-corrected chi connectivity index (χ4v) is 4.27. The molecule has 0 aromatic heterocycles. The molecule has 5 nitrogen and oxygen atoms in total. The predicted octanol–water partition coefficient (Wildman–Crippen LogP) is 2.53. The first-order valence-corrected chi connectivity index (χ1v) is 8.71. The number of fused-ring (bicyclic) bond motifs is 1. The molecule has 0 aliphatic carbocycles. The number of aryl methyl sites for hydroxylation is 2. The summed E-state index contributed by atoms with van der Waals surface area (Å²) in [6.07, 6.45) is 0. The summed E-state index contributed by atoms with van der Waals surface area (Å²) in [7, 11) is -3.76. The van der Waals surface area contributed by atoms with E-state index in [1.165, 1.54) is 12.1 Å². The number of carbonyl (C=O) groups is 1. The number of benzene rings is 2. The molecule has 0 spiro atoms. The van der Waals surface area contributed by atoms with Crippen LogP contribution in [0.2, 0.25) is 0 Å². The van der Waals surface area contributed by atoms with Crippen molar-refractivity contribution < 1.29 is 17.9 Å². The van der Waals surface area contributed by atoms with Gasteiger partial charge in [0.25, 0.3) is 15.9 Å². The molecule has 0 saturated carbocycles. The van der Waals surface area contributed by atoms with E-state index in [4.69, 9.17) is 4.74 Å². The van der Waals surface area contributed by atoms with E-state index in [0.717, 1.165) is 15.4 Å². The Balaban J connectivity index is 1.73. The molecular formula is C17H17NO4S. The minimum atomic E-state index is -3.76. The topological polar surface area (TPSA) is 63.7 Å². The van der Waals surface area contributed by atoms with Crippen LogP contribution in [-0.2, 0) is 10.0 Å². The van der Waals surface area contributed by atoms with Gasteiger partial charge in [-0.15, -0.1) is 0 Å². The Morgan fingerprint density at radius 2 is 1.70 bits per heavy atom. The molecule has 1 heterocycles. The second-order valence-electron chi connectivity index (χ2n) is 5.55. The minimum absolute atomic E-state index is 0.0111. The van der Waals surface area contributed by atoms with Gasteiger partial charge in [0, 0.05) is 0 Å². The lowest BCUT2D eigenvalue weighted by atomic mass is 10.1. The van der Waals surface area contributed by atoms with Gasteiger partial charge in [-0.3, -0.25) is 4.79 Å².